The van der Waals surface area contributed by atoms with Crippen LogP contribution in [-0.2, 0) is 27.3 Å². The number of amides is 1. The fourth-order valence-electron chi connectivity index (χ4n) is 3.90. The Hall–Kier alpha value is -2.28. The van der Waals surface area contributed by atoms with E-state index >= 15 is 0 Å². The SMILES string of the molecule is COC(=O)C1CCN(C(=O)CN2CCc3cc(OC)c(OC)cc3C2)CC1. The Morgan fingerprint density at radius 1 is 1.00 bits per heavy atom. The van der Waals surface area contributed by atoms with Crippen molar-refractivity contribution in [2.24, 2.45) is 5.92 Å². The summed E-state index contributed by atoms with van der Waals surface area (Å²) in [6.45, 7) is 3.20. The third-order valence-corrected chi connectivity index (χ3v) is 5.54. The Morgan fingerprint density at radius 3 is 2.22 bits per heavy atom. The Morgan fingerprint density at radius 2 is 1.63 bits per heavy atom. The van der Waals surface area contributed by atoms with Crippen LogP contribution in [0.5, 0.6) is 11.5 Å². The van der Waals surface area contributed by atoms with Crippen LogP contribution in [0.4, 0.5) is 0 Å². The third-order valence-electron chi connectivity index (χ3n) is 5.54. The highest BCUT2D eigenvalue weighted by Gasteiger charge is 2.29. The van der Waals surface area contributed by atoms with Gasteiger partial charge >= 0.3 is 5.97 Å². The number of carbonyl (C=O) groups excluding carboxylic acids is 2. The van der Waals surface area contributed by atoms with Gasteiger partial charge in [-0.2, -0.15) is 0 Å². The van der Waals surface area contributed by atoms with Gasteiger partial charge in [-0.3, -0.25) is 14.5 Å². The van der Waals surface area contributed by atoms with Crippen LogP contribution in [-0.4, -0.2) is 69.2 Å². The summed E-state index contributed by atoms with van der Waals surface area (Å²) in [5, 5.41) is 0. The summed E-state index contributed by atoms with van der Waals surface area (Å²) in [5.41, 5.74) is 2.42. The standard InChI is InChI=1S/C20H28N2O5/c1-25-17-10-15-4-7-21(12-16(15)11-18(17)26-2)13-19(23)22-8-5-14(6-9-22)20(24)27-3/h10-11,14H,4-9,12-13H2,1-3H3. The number of ether oxygens (including phenoxy) is 3. The van der Waals surface area contributed by atoms with Gasteiger partial charge in [0.05, 0.1) is 33.8 Å². The molecule has 1 aromatic carbocycles. The minimum absolute atomic E-state index is 0.0802. The summed E-state index contributed by atoms with van der Waals surface area (Å²) in [7, 11) is 4.69. The topological polar surface area (TPSA) is 68.3 Å². The zero-order valence-corrected chi connectivity index (χ0v) is 16.3. The van der Waals surface area contributed by atoms with Gasteiger partial charge < -0.3 is 19.1 Å². The number of hydrogen-bond donors (Lipinski definition) is 0. The number of hydrogen-bond acceptors (Lipinski definition) is 6. The highest BCUT2D eigenvalue weighted by atomic mass is 16.5. The molecule has 1 saturated heterocycles. The molecule has 7 heteroatoms. The van der Waals surface area contributed by atoms with Gasteiger partial charge in [0.2, 0.25) is 5.91 Å². The van der Waals surface area contributed by atoms with E-state index in [0.717, 1.165) is 25.3 Å². The normalized spacial score (nSPS) is 18.0. The first-order chi connectivity index (χ1) is 13.0. The molecule has 0 N–H and O–H groups in total. The molecule has 0 saturated carbocycles. The van der Waals surface area contributed by atoms with E-state index in [1.165, 1.54) is 18.2 Å². The number of methoxy groups -OCH3 is 3. The van der Waals surface area contributed by atoms with Gasteiger partial charge in [0.1, 0.15) is 0 Å². The fraction of sp³-hybridized carbons (Fsp3) is 0.600. The van der Waals surface area contributed by atoms with Crippen LogP contribution in [0.25, 0.3) is 0 Å². The maximum Gasteiger partial charge on any atom is 0.308 e. The minimum atomic E-state index is -0.167. The van der Waals surface area contributed by atoms with Crippen LogP contribution < -0.4 is 9.47 Å². The molecule has 27 heavy (non-hydrogen) atoms. The van der Waals surface area contributed by atoms with Crippen molar-refractivity contribution in [2.45, 2.75) is 25.8 Å². The lowest BCUT2D eigenvalue weighted by molar-refractivity contribution is -0.149. The lowest BCUT2D eigenvalue weighted by Crippen LogP contribution is -2.46. The van der Waals surface area contributed by atoms with E-state index in [4.69, 9.17) is 14.2 Å². The summed E-state index contributed by atoms with van der Waals surface area (Å²) in [4.78, 5) is 28.3. The van der Waals surface area contributed by atoms with E-state index in [2.05, 4.69) is 4.90 Å². The number of piperidine rings is 1. The van der Waals surface area contributed by atoms with Crippen molar-refractivity contribution in [3.05, 3.63) is 23.3 Å². The predicted octanol–water partition coefficient (Wildman–Crippen LogP) is 1.47. The molecule has 0 unspecified atom stereocenters. The molecule has 0 spiro atoms. The molecule has 0 bridgehead atoms. The largest absolute Gasteiger partial charge is 0.493 e. The molecule has 2 heterocycles. The first-order valence-electron chi connectivity index (χ1n) is 9.37. The first kappa shape index (κ1) is 19.5. The molecule has 0 radical (unpaired) electrons. The van der Waals surface area contributed by atoms with E-state index in [9.17, 15) is 9.59 Å². The summed E-state index contributed by atoms with van der Waals surface area (Å²) < 4.78 is 15.6. The lowest BCUT2D eigenvalue weighted by atomic mass is 9.96. The summed E-state index contributed by atoms with van der Waals surface area (Å²) in [6, 6.07) is 4.04. The predicted molar refractivity (Wildman–Crippen MR) is 99.8 cm³/mol. The molecule has 1 amide bonds. The van der Waals surface area contributed by atoms with Gasteiger partial charge in [0, 0.05) is 26.2 Å². The van der Waals surface area contributed by atoms with E-state index in [-0.39, 0.29) is 17.8 Å². The van der Waals surface area contributed by atoms with Gasteiger partial charge in [0.25, 0.3) is 0 Å². The van der Waals surface area contributed by atoms with Crippen molar-refractivity contribution in [1.29, 1.82) is 0 Å². The molecule has 2 aliphatic heterocycles. The molecule has 3 rings (SSSR count). The van der Waals surface area contributed by atoms with Crippen LogP contribution in [0.3, 0.4) is 0 Å². The molecular formula is C20H28N2O5. The van der Waals surface area contributed by atoms with Crippen LogP contribution in [0.2, 0.25) is 0 Å². The summed E-state index contributed by atoms with van der Waals surface area (Å²) in [6.07, 6.45) is 2.24. The van der Waals surface area contributed by atoms with Crippen LogP contribution in [0, 0.1) is 5.92 Å². The van der Waals surface area contributed by atoms with Gasteiger partial charge in [-0.15, -0.1) is 0 Å². The van der Waals surface area contributed by atoms with E-state index in [1.54, 1.807) is 14.2 Å². The molecule has 7 nitrogen and oxygen atoms in total. The molecule has 0 atom stereocenters. The third kappa shape index (κ3) is 4.35. The first-order valence-corrected chi connectivity index (χ1v) is 9.37. The zero-order chi connectivity index (χ0) is 19.4. The summed E-state index contributed by atoms with van der Waals surface area (Å²) in [5.74, 6) is 1.34. The second kappa shape index (κ2) is 8.61. The van der Waals surface area contributed by atoms with Gasteiger partial charge in [-0.1, -0.05) is 0 Å². The number of fused-ring (bicyclic) bond motifs is 1. The minimum Gasteiger partial charge on any atom is -0.493 e. The Bertz CT molecular complexity index is 698. The average molecular weight is 376 g/mol. The molecule has 2 aliphatic rings. The molecule has 0 aromatic heterocycles. The number of esters is 1. The number of carbonyl (C=O) groups is 2. The maximum absolute atomic E-state index is 12.7. The Labute approximate surface area is 160 Å². The van der Waals surface area contributed by atoms with Crippen molar-refractivity contribution in [2.75, 3.05) is 47.5 Å². The van der Waals surface area contributed by atoms with Crippen molar-refractivity contribution in [3.63, 3.8) is 0 Å². The van der Waals surface area contributed by atoms with Gasteiger partial charge in [0.15, 0.2) is 11.5 Å². The second-order valence-electron chi connectivity index (χ2n) is 7.11. The highest BCUT2D eigenvalue weighted by Crippen LogP contribution is 2.33. The van der Waals surface area contributed by atoms with E-state index in [1.807, 2.05) is 17.0 Å². The molecule has 1 aromatic rings. The van der Waals surface area contributed by atoms with Crippen LogP contribution in [0.15, 0.2) is 12.1 Å². The van der Waals surface area contributed by atoms with Crippen molar-refractivity contribution in [1.82, 2.24) is 9.80 Å². The second-order valence-corrected chi connectivity index (χ2v) is 7.11. The number of likely N-dealkylation sites (tertiary alicyclic amines) is 1. The van der Waals surface area contributed by atoms with Crippen LogP contribution >= 0.6 is 0 Å². The van der Waals surface area contributed by atoms with Gasteiger partial charge in [-0.25, -0.2) is 0 Å². The monoisotopic (exact) mass is 376 g/mol. The van der Waals surface area contributed by atoms with E-state index in [0.29, 0.717) is 38.2 Å². The van der Waals surface area contributed by atoms with E-state index < -0.39 is 0 Å². The number of benzene rings is 1. The quantitative estimate of drug-likeness (QED) is 0.725. The molecular weight excluding hydrogens is 348 g/mol. The number of nitrogens with zero attached hydrogens (tertiary/aromatic N) is 2. The van der Waals surface area contributed by atoms with Crippen LogP contribution in [0.1, 0.15) is 24.0 Å². The van der Waals surface area contributed by atoms with Gasteiger partial charge in [-0.05, 0) is 42.5 Å². The van der Waals surface area contributed by atoms with Crippen molar-refractivity contribution < 1.29 is 23.8 Å². The smallest absolute Gasteiger partial charge is 0.308 e. The fourth-order valence-corrected chi connectivity index (χ4v) is 3.90. The summed E-state index contributed by atoms with van der Waals surface area (Å²) >= 11 is 0. The Balaban J connectivity index is 1.57. The zero-order valence-electron chi connectivity index (χ0n) is 16.3. The van der Waals surface area contributed by atoms with Crippen molar-refractivity contribution >= 4 is 11.9 Å². The maximum atomic E-state index is 12.7. The molecule has 1 fully saturated rings. The highest BCUT2D eigenvalue weighted by molar-refractivity contribution is 5.79. The lowest BCUT2D eigenvalue weighted by Gasteiger charge is -2.34. The number of rotatable bonds is 5. The average Bonchev–Trinajstić information content (AvgIpc) is 2.72. The molecule has 148 valence electrons. The van der Waals surface area contributed by atoms with Crippen molar-refractivity contribution in [3.8, 4) is 11.5 Å². The molecule has 0 aliphatic carbocycles. The Kier molecular flexibility index (Phi) is 6.21.